The van der Waals surface area contributed by atoms with E-state index in [1.807, 2.05) is 38.1 Å². The van der Waals surface area contributed by atoms with E-state index >= 15 is 0 Å². The molecule has 0 heterocycles. The van der Waals surface area contributed by atoms with Crippen LogP contribution in [0.1, 0.15) is 75.3 Å². The maximum absolute atomic E-state index is 13.2. The smallest absolute Gasteiger partial charge is 0.207 e. The maximum Gasteiger partial charge on any atom is 0.240 e. The van der Waals surface area contributed by atoms with Gasteiger partial charge in [0.25, 0.3) is 0 Å². The number of benzene rings is 2. The summed E-state index contributed by atoms with van der Waals surface area (Å²) in [4.78, 5) is 0.608. The first kappa shape index (κ1) is 29.9. The highest BCUT2D eigenvalue weighted by Gasteiger charge is 2.33. The molecule has 0 aromatic heterocycles. The molecule has 0 bridgehead atoms. The van der Waals surface area contributed by atoms with E-state index in [0.29, 0.717) is 9.79 Å². The summed E-state index contributed by atoms with van der Waals surface area (Å²) in [6, 6.07) is 13.7. The van der Waals surface area contributed by atoms with E-state index < -0.39 is 20.0 Å². The zero-order chi connectivity index (χ0) is 27.2. The van der Waals surface area contributed by atoms with Crippen molar-refractivity contribution in [3.63, 3.8) is 0 Å². The minimum Gasteiger partial charge on any atom is -0.207 e. The normalized spacial score (nSPS) is 25.4. The topological polar surface area (TPSA) is 92.3 Å². The minimum atomic E-state index is -3.61. The third kappa shape index (κ3) is 8.24. The molecule has 210 valence electrons. The Morgan fingerprint density at radius 3 is 1.26 bits per heavy atom. The molecule has 2 N–H and O–H groups in total. The van der Waals surface area contributed by atoms with E-state index in [4.69, 9.17) is 0 Å². The molecule has 10 heteroatoms. The number of hydrogen-bond donors (Lipinski definition) is 2. The summed E-state index contributed by atoms with van der Waals surface area (Å²) in [5, 5.41) is 0.278. The van der Waals surface area contributed by atoms with Crippen molar-refractivity contribution in [1.29, 1.82) is 0 Å². The molecule has 2 aliphatic carbocycles. The lowest BCUT2D eigenvalue weighted by Gasteiger charge is -2.29. The Hall–Kier alpha value is -1.04. The highest BCUT2D eigenvalue weighted by atomic mass is 33.1. The van der Waals surface area contributed by atoms with Gasteiger partial charge in [-0.1, -0.05) is 95.5 Å². The van der Waals surface area contributed by atoms with Gasteiger partial charge in [-0.05, 0) is 63.8 Å². The lowest BCUT2D eigenvalue weighted by molar-refractivity contribution is 0.515. The summed E-state index contributed by atoms with van der Waals surface area (Å²) in [6.45, 7) is 3.89. The van der Waals surface area contributed by atoms with E-state index in [1.165, 1.54) is 0 Å². The van der Waals surface area contributed by atoms with Crippen molar-refractivity contribution in [3.05, 3.63) is 59.7 Å². The molecule has 4 rings (SSSR count). The monoisotopic (exact) mass is 596 g/mol. The van der Waals surface area contributed by atoms with Gasteiger partial charge >= 0.3 is 0 Å². The Kier molecular flexibility index (Phi) is 10.7. The molecule has 38 heavy (non-hydrogen) atoms. The highest BCUT2D eigenvalue weighted by Crippen LogP contribution is 2.42. The predicted molar refractivity (Wildman–Crippen MR) is 160 cm³/mol. The van der Waals surface area contributed by atoms with Crippen molar-refractivity contribution in [2.75, 3.05) is 0 Å². The summed E-state index contributed by atoms with van der Waals surface area (Å²) in [5.74, 6) is 0. The summed E-state index contributed by atoms with van der Waals surface area (Å²) in [6.07, 6.45) is 9.91. The molecule has 0 radical (unpaired) electrons. The van der Waals surface area contributed by atoms with Crippen LogP contribution in [0.5, 0.6) is 0 Å². The fourth-order valence-corrected chi connectivity index (χ4v) is 11.7. The number of hydrogen-bond acceptors (Lipinski definition) is 6. The molecule has 0 amide bonds. The van der Waals surface area contributed by atoms with E-state index in [0.717, 1.165) is 75.3 Å². The molecule has 2 saturated carbocycles. The van der Waals surface area contributed by atoms with Crippen LogP contribution in [-0.2, 0) is 20.0 Å². The van der Waals surface area contributed by atoms with Crippen LogP contribution in [0.4, 0.5) is 0 Å². The van der Waals surface area contributed by atoms with E-state index in [-0.39, 0.29) is 22.6 Å². The summed E-state index contributed by atoms with van der Waals surface area (Å²) in [5.41, 5.74) is 2.05. The molecule has 4 atom stereocenters. The van der Waals surface area contributed by atoms with Crippen LogP contribution in [0, 0.1) is 13.8 Å². The summed E-state index contributed by atoms with van der Waals surface area (Å²) >= 11 is 0. The van der Waals surface area contributed by atoms with Crippen molar-refractivity contribution in [2.45, 2.75) is 110 Å². The predicted octanol–water partition coefficient (Wildman–Crippen LogP) is 6.34. The quantitative estimate of drug-likeness (QED) is 0.259. The molecule has 2 aromatic carbocycles. The van der Waals surface area contributed by atoms with Gasteiger partial charge in [-0.2, -0.15) is 0 Å². The Balaban J connectivity index is 1.45. The van der Waals surface area contributed by atoms with E-state index in [9.17, 15) is 16.8 Å². The first-order valence-electron chi connectivity index (χ1n) is 13.6. The van der Waals surface area contributed by atoms with Gasteiger partial charge in [-0.15, -0.1) is 0 Å². The first-order chi connectivity index (χ1) is 18.1. The molecular weight excluding hydrogens is 557 g/mol. The van der Waals surface area contributed by atoms with Gasteiger partial charge < -0.3 is 0 Å². The van der Waals surface area contributed by atoms with Crippen LogP contribution in [0.15, 0.2) is 58.3 Å². The maximum atomic E-state index is 13.2. The second-order valence-electron chi connectivity index (χ2n) is 10.6. The second kappa shape index (κ2) is 13.5. The minimum absolute atomic E-state index is 0.139. The van der Waals surface area contributed by atoms with Crippen molar-refractivity contribution in [1.82, 2.24) is 9.44 Å². The molecular formula is C28H40N2O4S4. The summed E-state index contributed by atoms with van der Waals surface area (Å²) < 4.78 is 58.8. The third-order valence-electron chi connectivity index (χ3n) is 7.48. The largest absolute Gasteiger partial charge is 0.240 e. The van der Waals surface area contributed by atoms with Crippen molar-refractivity contribution >= 4 is 41.6 Å². The zero-order valence-electron chi connectivity index (χ0n) is 22.3. The zero-order valence-corrected chi connectivity index (χ0v) is 25.5. The molecule has 0 aliphatic heterocycles. The molecule has 2 aromatic rings. The van der Waals surface area contributed by atoms with Crippen LogP contribution in [0.2, 0.25) is 0 Å². The van der Waals surface area contributed by atoms with Gasteiger partial charge in [-0.25, -0.2) is 26.3 Å². The highest BCUT2D eigenvalue weighted by molar-refractivity contribution is 8.77. The van der Waals surface area contributed by atoms with Gasteiger partial charge in [-0.3, -0.25) is 0 Å². The van der Waals surface area contributed by atoms with Crippen LogP contribution in [-0.4, -0.2) is 39.4 Å². The van der Waals surface area contributed by atoms with Crippen LogP contribution < -0.4 is 9.44 Å². The molecule has 2 aliphatic rings. The van der Waals surface area contributed by atoms with Gasteiger partial charge in [0, 0.05) is 22.6 Å². The molecule has 0 saturated heterocycles. The Bertz CT molecular complexity index is 1150. The fourth-order valence-electron chi connectivity index (χ4n) is 5.16. The van der Waals surface area contributed by atoms with Gasteiger partial charge in [0.05, 0.1) is 9.79 Å². The SMILES string of the molecule is Cc1ccc(S(=O)(=O)NC2CCCCCC2SS[C@@H]2CCCCC[C@H]2NS(=O)(=O)c2ccc(C)cc2)cc1. The van der Waals surface area contributed by atoms with Crippen molar-refractivity contribution in [2.24, 2.45) is 0 Å². The average molecular weight is 597 g/mol. The molecule has 2 unspecified atom stereocenters. The molecule has 0 spiro atoms. The van der Waals surface area contributed by atoms with Crippen molar-refractivity contribution < 1.29 is 16.8 Å². The van der Waals surface area contributed by atoms with Crippen LogP contribution >= 0.6 is 21.6 Å². The fraction of sp³-hybridized carbons (Fsp3) is 0.571. The Morgan fingerprint density at radius 1 is 0.553 bits per heavy atom. The number of sulfonamides is 2. The molecule has 2 fully saturated rings. The number of aryl methyl sites for hydroxylation is 2. The lowest BCUT2D eigenvalue weighted by atomic mass is 10.1. The van der Waals surface area contributed by atoms with Gasteiger partial charge in [0.2, 0.25) is 20.0 Å². The van der Waals surface area contributed by atoms with Crippen molar-refractivity contribution in [3.8, 4) is 0 Å². The van der Waals surface area contributed by atoms with E-state index in [1.54, 1.807) is 45.9 Å². The third-order valence-corrected chi connectivity index (χ3v) is 14.0. The average Bonchev–Trinajstić information content (AvgIpc) is 3.23. The second-order valence-corrected chi connectivity index (χ2v) is 16.8. The number of nitrogens with one attached hydrogen (secondary N) is 2. The Morgan fingerprint density at radius 2 is 0.895 bits per heavy atom. The van der Waals surface area contributed by atoms with Crippen LogP contribution in [0.25, 0.3) is 0 Å². The van der Waals surface area contributed by atoms with Gasteiger partial charge in [0.1, 0.15) is 0 Å². The summed E-state index contributed by atoms with van der Waals surface area (Å²) in [7, 11) is -3.70. The molecule has 6 nitrogen and oxygen atoms in total. The first-order valence-corrected chi connectivity index (χ1v) is 18.9. The lowest BCUT2D eigenvalue weighted by Crippen LogP contribution is -2.42. The number of rotatable bonds is 9. The van der Waals surface area contributed by atoms with E-state index in [2.05, 4.69) is 9.44 Å². The van der Waals surface area contributed by atoms with Crippen LogP contribution in [0.3, 0.4) is 0 Å². The Labute approximate surface area is 237 Å². The standard InChI is InChI=1S/C28H40N2O4S4/c1-21-13-17-23(18-14-21)37(31,32)29-25-9-5-3-7-11-27(25)35-36-28-12-8-4-6-10-26(28)30-38(33,34)24-19-15-22(2)16-20-24/h13-20,25-30H,3-12H2,1-2H3/t25-,26?,27-,28?/m1/s1. The van der Waals surface area contributed by atoms with Gasteiger partial charge in [0.15, 0.2) is 0 Å².